The molecule has 0 amide bonds. The number of benzene rings is 2. The van der Waals surface area contributed by atoms with Crippen LogP contribution in [0.1, 0.15) is 55.4 Å². The highest BCUT2D eigenvalue weighted by Crippen LogP contribution is 2.32. The Bertz CT molecular complexity index is 908. The summed E-state index contributed by atoms with van der Waals surface area (Å²) in [7, 11) is 0. The summed E-state index contributed by atoms with van der Waals surface area (Å²) in [5.41, 5.74) is 4.83. The molecule has 2 aromatic carbocycles. The third-order valence-corrected chi connectivity index (χ3v) is 5.32. The molecule has 146 valence electrons. The van der Waals surface area contributed by atoms with Crippen molar-refractivity contribution >= 4 is 17.2 Å². The van der Waals surface area contributed by atoms with Gasteiger partial charge in [-0.05, 0) is 32.3 Å². The smallest absolute Gasteiger partial charge is 0.184 e. The standard InChI is InChI=1S/C25H29NO2/c1-4-5-14-25(3)17-20-8-6-7-9-22(20)23(26-25)15-21(27)16-24(28)19-12-10-18(2)11-13-19/h6-13,15-16,26,28H,4-5,14,17H2,1-3H3. The maximum absolute atomic E-state index is 12.6. The predicted octanol–water partition coefficient (Wildman–Crippen LogP) is 5.60. The lowest BCUT2D eigenvalue weighted by molar-refractivity contribution is -0.110. The van der Waals surface area contributed by atoms with Gasteiger partial charge in [-0.15, -0.1) is 0 Å². The number of hydrogen-bond donors (Lipinski definition) is 2. The Morgan fingerprint density at radius 3 is 2.61 bits per heavy atom. The number of carbonyl (C=O) groups excluding carboxylic acids is 1. The van der Waals surface area contributed by atoms with E-state index < -0.39 is 0 Å². The average Bonchev–Trinajstić information content (AvgIpc) is 2.66. The fraction of sp³-hybridized carbons (Fsp3) is 0.320. The number of fused-ring (bicyclic) bond motifs is 1. The lowest BCUT2D eigenvalue weighted by Gasteiger charge is -2.38. The van der Waals surface area contributed by atoms with Crippen LogP contribution in [-0.4, -0.2) is 16.4 Å². The van der Waals surface area contributed by atoms with Gasteiger partial charge in [-0.3, -0.25) is 4.79 Å². The third kappa shape index (κ3) is 4.72. The largest absolute Gasteiger partial charge is 0.507 e. The van der Waals surface area contributed by atoms with Gasteiger partial charge in [-0.1, -0.05) is 73.9 Å². The molecule has 3 nitrogen and oxygen atoms in total. The van der Waals surface area contributed by atoms with Crippen molar-refractivity contribution in [1.29, 1.82) is 0 Å². The number of ketones is 1. The highest BCUT2D eigenvalue weighted by Gasteiger charge is 2.31. The lowest BCUT2D eigenvalue weighted by atomic mass is 9.81. The number of aliphatic hydroxyl groups excluding tert-OH is 1. The first-order valence-electron chi connectivity index (χ1n) is 10.00. The van der Waals surface area contributed by atoms with Gasteiger partial charge in [0.05, 0.1) is 0 Å². The van der Waals surface area contributed by atoms with E-state index >= 15 is 0 Å². The molecule has 0 saturated heterocycles. The zero-order chi connectivity index (χ0) is 20.1. The maximum Gasteiger partial charge on any atom is 0.184 e. The van der Waals surface area contributed by atoms with Gasteiger partial charge in [0, 0.05) is 34.5 Å². The van der Waals surface area contributed by atoms with E-state index in [1.807, 2.05) is 49.4 Å². The van der Waals surface area contributed by atoms with Gasteiger partial charge >= 0.3 is 0 Å². The van der Waals surface area contributed by atoms with Gasteiger partial charge in [0.25, 0.3) is 0 Å². The van der Waals surface area contributed by atoms with Gasteiger partial charge < -0.3 is 10.4 Å². The zero-order valence-corrected chi connectivity index (χ0v) is 17.0. The summed E-state index contributed by atoms with van der Waals surface area (Å²) < 4.78 is 0. The number of nitrogens with one attached hydrogen (secondary N) is 1. The number of carbonyl (C=O) groups is 1. The highest BCUT2D eigenvalue weighted by molar-refractivity contribution is 6.07. The summed E-state index contributed by atoms with van der Waals surface area (Å²) >= 11 is 0. The minimum atomic E-state index is -0.227. The number of aliphatic hydroxyl groups is 1. The van der Waals surface area contributed by atoms with E-state index in [9.17, 15) is 9.90 Å². The van der Waals surface area contributed by atoms with Crippen molar-refractivity contribution in [3.05, 3.63) is 82.9 Å². The summed E-state index contributed by atoms with van der Waals surface area (Å²) in [5, 5.41) is 13.9. The Morgan fingerprint density at radius 2 is 1.89 bits per heavy atom. The first-order valence-corrected chi connectivity index (χ1v) is 10.00. The molecule has 1 unspecified atom stereocenters. The Balaban J connectivity index is 1.89. The van der Waals surface area contributed by atoms with Gasteiger partial charge in [0.15, 0.2) is 5.78 Å². The molecule has 0 fully saturated rings. The van der Waals surface area contributed by atoms with Crippen molar-refractivity contribution in [3.8, 4) is 0 Å². The van der Waals surface area contributed by atoms with E-state index in [0.29, 0.717) is 5.56 Å². The van der Waals surface area contributed by atoms with Gasteiger partial charge in [-0.2, -0.15) is 0 Å². The molecule has 1 heterocycles. The molecule has 3 rings (SSSR count). The normalized spacial score (nSPS) is 20.5. The molecule has 0 saturated carbocycles. The first-order chi connectivity index (χ1) is 13.4. The minimum Gasteiger partial charge on any atom is -0.507 e. The Morgan fingerprint density at radius 1 is 1.18 bits per heavy atom. The number of unbranched alkanes of at least 4 members (excludes halogenated alkanes) is 1. The third-order valence-electron chi connectivity index (χ3n) is 5.32. The molecule has 0 bridgehead atoms. The molecule has 3 heteroatoms. The molecule has 0 radical (unpaired) electrons. The summed E-state index contributed by atoms with van der Waals surface area (Å²) in [6.07, 6.45) is 7.17. The van der Waals surface area contributed by atoms with Crippen LogP contribution < -0.4 is 5.32 Å². The van der Waals surface area contributed by atoms with Crippen LogP contribution in [0.4, 0.5) is 0 Å². The Hall–Kier alpha value is -2.81. The monoisotopic (exact) mass is 375 g/mol. The van der Waals surface area contributed by atoms with Crippen molar-refractivity contribution < 1.29 is 9.90 Å². The molecule has 0 aliphatic carbocycles. The van der Waals surface area contributed by atoms with Crippen LogP contribution in [0.15, 0.2) is 60.7 Å². The second kappa shape index (κ2) is 8.47. The Kier molecular flexibility index (Phi) is 6.03. The van der Waals surface area contributed by atoms with Crippen molar-refractivity contribution in [2.45, 2.75) is 52.0 Å². The quantitative estimate of drug-likeness (QED) is 0.510. The van der Waals surface area contributed by atoms with E-state index in [0.717, 1.165) is 42.5 Å². The maximum atomic E-state index is 12.6. The molecule has 0 aromatic heterocycles. The topological polar surface area (TPSA) is 49.3 Å². The molecule has 1 aliphatic rings. The van der Waals surface area contributed by atoms with Crippen molar-refractivity contribution in [1.82, 2.24) is 5.32 Å². The summed E-state index contributed by atoms with van der Waals surface area (Å²) in [5.74, 6) is -0.241. The van der Waals surface area contributed by atoms with Crippen LogP contribution >= 0.6 is 0 Å². The van der Waals surface area contributed by atoms with E-state index in [1.165, 1.54) is 11.6 Å². The SMILES string of the molecule is CCCCC1(C)Cc2ccccc2C(=CC(=O)C=C(O)c2ccc(C)cc2)N1. The number of aryl methyl sites for hydroxylation is 1. The summed E-state index contributed by atoms with van der Waals surface area (Å²) in [6.45, 7) is 6.40. The van der Waals surface area contributed by atoms with Crippen molar-refractivity contribution in [2.75, 3.05) is 0 Å². The number of allylic oxidation sites excluding steroid dienone is 2. The molecule has 1 aliphatic heterocycles. The molecule has 2 aromatic rings. The van der Waals surface area contributed by atoms with Crippen LogP contribution in [0.5, 0.6) is 0 Å². The van der Waals surface area contributed by atoms with Crippen molar-refractivity contribution in [2.24, 2.45) is 0 Å². The number of hydrogen-bond acceptors (Lipinski definition) is 3. The van der Waals surface area contributed by atoms with Crippen LogP contribution in [-0.2, 0) is 11.2 Å². The molecular weight excluding hydrogens is 346 g/mol. The van der Waals surface area contributed by atoms with Crippen LogP contribution in [0.3, 0.4) is 0 Å². The van der Waals surface area contributed by atoms with Gasteiger partial charge in [0.1, 0.15) is 5.76 Å². The summed E-state index contributed by atoms with van der Waals surface area (Å²) in [6, 6.07) is 15.7. The minimum absolute atomic E-state index is 0.0142. The second-order valence-corrected chi connectivity index (χ2v) is 7.98. The van der Waals surface area contributed by atoms with Crippen LogP contribution in [0.2, 0.25) is 0 Å². The van der Waals surface area contributed by atoms with E-state index in [-0.39, 0.29) is 17.1 Å². The predicted molar refractivity (Wildman–Crippen MR) is 116 cm³/mol. The fourth-order valence-electron chi connectivity index (χ4n) is 3.75. The average molecular weight is 376 g/mol. The van der Waals surface area contributed by atoms with E-state index in [4.69, 9.17) is 0 Å². The molecule has 28 heavy (non-hydrogen) atoms. The molecule has 2 N–H and O–H groups in total. The fourth-order valence-corrected chi connectivity index (χ4v) is 3.75. The molecule has 1 atom stereocenters. The van der Waals surface area contributed by atoms with E-state index in [1.54, 1.807) is 6.08 Å². The Labute approximate surface area is 167 Å². The lowest BCUT2D eigenvalue weighted by Crippen LogP contribution is -2.46. The van der Waals surface area contributed by atoms with Crippen molar-refractivity contribution in [3.63, 3.8) is 0 Å². The molecular formula is C25H29NO2. The number of rotatable bonds is 6. The van der Waals surface area contributed by atoms with Crippen LogP contribution in [0.25, 0.3) is 11.5 Å². The van der Waals surface area contributed by atoms with Crippen LogP contribution in [0, 0.1) is 6.92 Å². The summed E-state index contributed by atoms with van der Waals surface area (Å²) in [4.78, 5) is 12.6. The van der Waals surface area contributed by atoms with Gasteiger partial charge in [-0.25, -0.2) is 0 Å². The van der Waals surface area contributed by atoms with E-state index in [2.05, 4.69) is 25.2 Å². The highest BCUT2D eigenvalue weighted by atomic mass is 16.3. The zero-order valence-electron chi connectivity index (χ0n) is 17.0. The second-order valence-electron chi connectivity index (χ2n) is 7.98. The first kappa shape index (κ1) is 19.9. The van der Waals surface area contributed by atoms with Gasteiger partial charge in [0.2, 0.25) is 0 Å². The molecule has 0 spiro atoms.